The number of para-hydroxylation sites is 2. The van der Waals surface area contributed by atoms with Crippen molar-refractivity contribution in [3.8, 4) is 0 Å². The van der Waals surface area contributed by atoms with Crippen molar-refractivity contribution in [3.63, 3.8) is 0 Å². The highest BCUT2D eigenvalue weighted by atomic mass is 35.5. The third-order valence-electron chi connectivity index (χ3n) is 3.30. The van der Waals surface area contributed by atoms with E-state index in [1.807, 2.05) is 30.3 Å². The van der Waals surface area contributed by atoms with Crippen molar-refractivity contribution in [1.82, 2.24) is 14.9 Å². The van der Waals surface area contributed by atoms with Crippen molar-refractivity contribution in [2.24, 2.45) is 0 Å². The van der Waals surface area contributed by atoms with Crippen LogP contribution in [0.25, 0.3) is 11.0 Å². The van der Waals surface area contributed by atoms with Crippen LogP contribution in [-0.2, 0) is 17.9 Å². The Morgan fingerprint density at radius 2 is 2.18 bits per heavy atom. The summed E-state index contributed by atoms with van der Waals surface area (Å²) in [5.74, 6) is -0.0983. The van der Waals surface area contributed by atoms with E-state index in [9.17, 15) is 9.59 Å². The van der Waals surface area contributed by atoms with Crippen LogP contribution in [0.3, 0.4) is 0 Å². The molecular weight excluding hydrogens is 322 g/mol. The number of aromatic amines is 1. The molecule has 2 heterocycles. The van der Waals surface area contributed by atoms with E-state index in [4.69, 9.17) is 11.6 Å². The Morgan fingerprint density at radius 3 is 2.95 bits per heavy atom. The van der Waals surface area contributed by atoms with E-state index in [0.717, 1.165) is 20.8 Å². The van der Waals surface area contributed by atoms with Crippen LogP contribution in [0.5, 0.6) is 0 Å². The molecule has 7 heteroatoms. The first-order valence-corrected chi connectivity index (χ1v) is 7.93. The SMILES string of the molecule is CC(=O)NCc1sc(Cn2c(=O)[nH]c3ccccc32)cc1Cl. The van der Waals surface area contributed by atoms with Gasteiger partial charge in [-0.25, -0.2) is 4.79 Å². The van der Waals surface area contributed by atoms with E-state index >= 15 is 0 Å². The molecule has 2 N–H and O–H groups in total. The minimum Gasteiger partial charge on any atom is -0.351 e. The monoisotopic (exact) mass is 335 g/mol. The summed E-state index contributed by atoms with van der Waals surface area (Å²) in [4.78, 5) is 27.7. The van der Waals surface area contributed by atoms with E-state index in [2.05, 4.69) is 10.3 Å². The fraction of sp³-hybridized carbons (Fsp3) is 0.200. The zero-order chi connectivity index (χ0) is 15.7. The van der Waals surface area contributed by atoms with Gasteiger partial charge in [-0.1, -0.05) is 23.7 Å². The molecular formula is C15H14ClN3O2S. The molecule has 0 aliphatic carbocycles. The Hall–Kier alpha value is -2.05. The minimum absolute atomic E-state index is 0.0983. The van der Waals surface area contributed by atoms with Crippen molar-refractivity contribution < 1.29 is 4.79 Å². The molecule has 5 nitrogen and oxygen atoms in total. The number of imidazole rings is 1. The molecule has 0 saturated heterocycles. The number of carbonyl (C=O) groups excluding carboxylic acids is 1. The van der Waals surface area contributed by atoms with Crippen LogP contribution >= 0.6 is 22.9 Å². The molecule has 22 heavy (non-hydrogen) atoms. The Balaban J connectivity index is 1.89. The smallest absolute Gasteiger partial charge is 0.326 e. The first kappa shape index (κ1) is 14.9. The predicted octanol–water partition coefficient (Wildman–Crippen LogP) is 2.73. The lowest BCUT2D eigenvalue weighted by molar-refractivity contribution is -0.119. The molecule has 0 saturated carbocycles. The van der Waals surface area contributed by atoms with Gasteiger partial charge in [0.15, 0.2) is 0 Å². The summed E-state index contributed by atoms with van der Waals surface area (Å²) in [7, 11) is 0. The second-order valence-corrected chi connectivity index (χ2v) is 6.56. The van der Waals surface area contributed by atoms with Gasteiger partial charge in [0.25, 0.3) is 0 Å². The second-order valence-electron chi connectivity index (χ2n) is 4.93. The quantitative estimate of drug-likeness (QED) is 0.770. The van der Waals surface area contributed by atoms with E-state index in [1.165, 1.54) is 18.3 Å². The van der Waals surface area contributed by atoms with Crippen molar-refractivity contribution in [3.05, 3.63) is 55.6 Å². The topological polar surface area (TPSA) is 66.9 Å². The highest BCUT2D eigenvalue weighted by Crippen LogP contribution is 2.28. The maximum atomic E-state index is 12.1. The molecule has 2 aromatic heterocycles. The number of nitrogens with zero attached hydrogens (tertiary/aromatic N) is 1. The number of aromatic nitrogens is 2. The molecule has 0 fully saturated rings. The fourth-order valence-corrected chi connectivity index (χ4v) is 3.65. The Labute approximate surface area is 135 Å². The lowest BCUT2D eigenvalue weighted by Crippen LogP contribution is -2.18. The van der Waals surface area contributed by atoms with Crippen LogP contribution < -0.4 is 11.0 Å². The molecule has 0 unspecified atom stereocenters. The second kappa shape index (κ2) is 5.98. The number of thiophene rings is 1. The maximum Gasteiger partial charge on any atom is 0.326 e. The lowest BCUT2D eigenvalue weighted by Gasteiger charge is -2.01. The summed E-state index contributed by atoms with van der Waals surface area (Å²) in [6, 6.07) is 9.40. The average molecular weight is 336 g/mol. The van der Waals surface area contributed by atoms with E-state index in [-0.39, 0.29) is 11.6 Å². The molecule has 0 radical (unpaired) electrons. The lowest BCUT2D eigenvalue weighted by atomic mass is 10.3. The Morgan fingerprint density at radius 1 is 1.41 bits per heavy atom. The number of amides is 1. The molecule has 3 rings (SSSR count). The first-order chi connectivity index (χ1) is 10.5. The number of nitrogens with one attached hydrogen (secondary N) is 2. The van der Waals surface area contributed by atoms with Gasteiger partial charge in [-0.15, -0.1) is 11.3 Å². The summed E-state index contributed by atoms with van der Waals surface area (Å²) in [5.41, 5.74) is 1.53. The third kappa shape index (κ3) is 2.93. The molecule has 0 spiro atoms. The highest BCUT2D eigenvalue weighted by molar-refractivity contribution is 7.12. The summed E-state index contributed by atoms with van der Waals surface area (Å²) in [6.07, 6.45) is 0. The summed E-state index contributed by atoms with van der Waals surface area (Å²) < 4.78 is 1.68. The van der Waals surface area contributed by atoms with Crippen LogP contribution in [-0.4, -0.2) is 15.5 Å². The van der Waals surface area contributed by atoms with Gasteiger partial charge in [-0.3, -0.25) is 9.36 Å². The van der Waals surface area contributed by atoms with Crippen LogP contribution in [0.15, 0.2) is 35.1 Å². The van der Waals surface area contributed by atoms with Crippen LogP contribution in [0, 0.1) is 0 Å². The number of H-pyrrole nitrogens is 1. The summed E-state index contributed by atoms with van der Waals surface area (Å²) in [5, 5.41) is 3.34. The largest absolute Gasteiger partial charge is 0.351 e. The molecule has 3 aromatic rings. The molecule has 0 bridgehead atoms. The zero-order valence-electron chi connectivity index (χ0n) is 11.9. The Bertz CT molecular complexity index is 894. The summed E-state index contributed by atoms with van der Waals surface area (Å²) >= 11 is 7.69. The van der Waals surface area contributed by atoms with E-state index < -0.39 is 0 Å². The number of rotatable bonds is 4. The van der Waals surface area contributed by atoms with E-state index in [1.54, 1.807) is 4.57 Å². The first-order valence-electron chi connectivity index (χ1n) is 6.73. The normalized spacial score (nSPS) is 11.0. The Kier molecular flexibility index (Phi) is 4.04. The average Bonchev–Trinajstić information content (AvgIpc) is 2.98. The third-order valence-corrected chi connectivity index (χ3v) is 4.87. The van der Waals surface area contributed by atoms with Gasteiger partial charge in [0.05, 0.1) is 29.1 Å². The molecule has 1 amide bonds. The van der Waals surface area contributed by atoms with Crippen LogP contribution in [0.2, 0.25) is 5.02 Å². The van der Waals surface area contributed by atoms with Gasteiger partial charge < -0.3 is 10.3 Å². The van der Waals surface area contributed by atoms with Crippen molar-refractivity contribution >= 4 is 39.9 Å². The van der Waals surface area contributed by atoms with Crippen LogP contribution in [0.1, 0.15) is 16.7 Å². The van der Waals surface area contributed by atoms with Gasteiger partial charge >= 0.3 is 5.69 Å². The number of hydrogen-bond donors (Lipinski definition) is 2. The van der Waals surface area contributed by atoms with Gasteiger partial charge in [-0.2, -0.15) is 0 Å². The predicted molar refractivity (Wildman–Crippen MR) is 88.5 cm³/mol. The van der Waals surface area contributed by atoms with Crippen LogP contribution in [0.4, 0.5) is 0 Å². The van der Waals surface area contributed by atoms with Crippen molar-refractivity contribution in [1.29, 1.82) is 0 Å². The summed E-state index contributed by atoms with van der Waals surface area (Å²) in [6.45, 7) is 2.32. The zero-order valence-corrected chi connectivity index (χ0v) is 13.4. The highest BCUT2D eigenvalue weighted by Gasteiger charge is 2.11. The molecule has 114 valence electrons. The molecule has 0 aliphatic heterocycles. The van der Waals surface area contributed by atoms with Gasteiger partial charge in [0, 0.05) is 16.7 Å². The van der Waals surface area contributed by atoms with Gasteiger partial charge in [-0.05, 0) is 18.2 Å². The fourth-order valence-electron chi connectivity index (χ4n) is 2.28. The molecule has 1 aromatic carbocycles. The number of halogens is 1. The minimum atomic E-state index is -0.144. The molecule has 0 aliphatic rings. The standard InChI is InChI=1S/C15H14ClN3O2S/c1-9(20)17-7-14-11(16)6-10(22-14)8-19-13-5-3-2-4-12(13)18-15(19)21/h2-6H,7-8H2,1H3,(H,17,20)(H,18,21). The molecule has 0 atom stereocenters. The van der Waals surface area contributed by atoms with E-state index in [0.29, 0.717) is 18.1 Å². The number of fused-ring (bicyclic) bond motifs is 1. The number of carbonyl (C=O) groups is 1. The number of benzene rings is 1. The number of hydrogen-bond acceptors (Lipinski definition) is 3. The van der Waals surface area contributed by atoms with Gasteiger partial charge in [0.2, 0.25) is 5.91 Å². The van der Waals surface area contributed by atoms with Crippen molar-refractivity contribution in [2.75, 3.05) is 0 Å². The van der Waals surface area contributed by atoms with Gasteiger partial charge in [0.1, 0.15) is 0 Å². The van der Waals surface area contributed by atoms with Crippen molar-refractivity contribution in [2.45, 2.75) is 20.0 Å². The maximum absolute atomic E-state index is 12.1.